The summed E-state index contributed by atoms with van der Waals surface area (Å²) in [5.74, 6) is 0.588. The van der Waals surface area contributed by atoms with Gasteiger partial charge in [0, 0.05) is 0 Å². The van der Waals surface area contributed by atoms with Gasteiger partial charge >= 0.3 is 11.1 Å². The average Bonchev–Trinajstić information content (AvgIpc) is 2.85. The van der Waals surface area contributed by atoms with E-state index < -0.39 is 16.5 Å². The first-order chi connectivity index (χ1) is 9.54. The third kappa shape index (κ3) is 2.32. The second kappa shape index (κ2) is 4.96. The molecule has 2 aromatic heterocycles. The zero-order valence-electron chi connectivity index (χ0n) is 9.94. The topological polar surface area (TPSA) is 78.9 Å². The Kier molecular flexibility index (Phi) is 3.27. The van der Waals surface area contributed by atoms with E-state index in [4.69, 9.17) is 16.0 Å². The molecule has 0 amide bonds. The van der Waals surface area contributed by atoms with E-state index in [1.54, 1.807) is 30.3 Å². The maximum Gasteiger partial charge on any atom is 0.314 e. The Morgan fingerprint density at radius 3 is 2.40 bits per heavy atom. The van der Waals surface area contributed by atoms with Gasteiger partial charge in [-0.3, -0.25) is 9.59 Å². The lowest BCUT2D eigenvalue weighted by Gasteiger charge is -2.08. The Labute approximate surface area is 125 Å². The van der Waals surface area contributed by atoms with Crippen LogP contribution in [0.3, 0.4) is 0 Å². The van der Waals surface area contributed by atoms with E-state index in [0.717, 1.165) is 5.56 Å². The molecule has 2 heterocycles. The summed E-state index contributed by atoms with van der Waals surface area (Å²) in [5, 5.41) is -0.485. The minimum Gasteiger partial charge on any atom is -0.452 e. The van der Waals surface area contributed by atoms with Gasteiger partial charge < -0.3 is 14.4 Å². The van der Waals surface area contributed by atoms with Crippen LogP contribution in [0.2, 0.25) is 0 Å². The number of furan rings is 1. The Balaban J connectivity index is 2.11. The van der Waals surface area contributed by atoms with E-state index in [1.807, 2.05) is 0 Å². The molecule has 102 valence electrons. The molecular weight excluding hydrogens is 348 g/mol. The lowest BCUT2D eigenvalue weighted by atomic mass is 10.1. The molecule has 2 N–H and O–H groups in total. The number of nitrogens with one attached hydrogen (secondary N) is 2. The highest BCUT2D eigenvalue weighted by atomic mass is 79.9. The lowest BCUT2D eigenvalue weighted by Crippen LogP contribution is -2.28. The van der Waals surface area contributed by atoms with Gasteiger partial charge in [-0.15, -0.1) is 11.6 Å². The number of aromatic nitrogens is 2. The number of H-pyrrole nitrogens is 2. The molecule has 0 aliphatic heterocycles. The molecule has 0 bridgehead atoms. The molecule has 0 aliphatic carbocycles. The van der Waals surface area contributed by atoms with Crippen molar-refractivity contribution in [1.29, 1.82) is 0 Å². The highest BCUT2D eigenvalue weighted by Gasteiger charge is 2.15. The van der Waals surface area contributed by atoms with Crippen molar-refractivity contribution >= 4 is 38.6 Å². The number of aromatic amines is 2. The van der Waals surface area contributed by atoms with Crippen LogP contribution in [-0.2, 0) is 0 Å². The lowest BCUT2D eigenvalue weighted by molar-refractivity contribution is 0.494. The smallest absolute Gasteiger partial charge is 0.314 e. The highest BCUT2D eigenvalue weighted by molar-refractivity contribution is 9.10. The van der Waals surface area contributed by atoms with Crippen LogP contribution in [-0.4, -0.2) is 9.97 Å². The molecule has 0 aliphatic rings. The zero-order chi connectivity index (χ0) is 14.3. The van der Waals surface area contributed by atoms with Gasteiger partial charge in [0.05, 0.1) is 11.0 Å². The van der Waals surface area contributed by atoms with E-state index in [9.17, 15) is 9.59 Å². The van der Waals surface area contributed by atoms with Gasteiger partial charge in [0.2, 0.25) is 0 Å². The third-order valence-electron chi connectivity index (χ3n) is 2.88. The van der Waals surface area contributed by atoms with E-state index >= 15 is 0 Å². The number of alkyl halides is 1. The van der Waals surface area contributed by atoms with Crippen molar-refractivity contribution in [3.05, 3.63) is 67.0 Å². The third-order valence-corrected chi connectivity index (χ3v) is 3.78. The predicted octanol–water partition coefficient (Wildman–Crippen LogP) is 2.90. The maximum absolute atomic E-state index is 11.3. The van der Waals surface area contributed by atoms with Crippen LogP contribution in [0.5, 0.6) is 0 Å². The van der Waals surface area contributed by atoms with Crippen molar-refractivity contribution < 1.29 is 4.42 Å². The van der Waals surface area contributed by atoms with E-state index in [1.165, 1.54) is 0 Å². The summed E-state index contributed by atoms with van der Waals surface area (Å²) in [6, 6.07) is 8.69. The first-order valence-electron chi connectivity index (χ1n) is 5.70. The molecule has 1 atom stereocenters. The fourth-order valence-electron chi connectivity index (χ4n) is 1.92. The molecular formula is C13H8BrClN2O3. The summed E-state index contributed by atoms with van der Waals surface area (Å²) in [5.41, 5.74) is 0.444. The van der Waals surface area contributed by atoms with Crippen molar-refractivity contribution in [3.63, 3.8) is 0 Å². The summed E-state index contributed by atoms with van der Waals surface area (Å²) < 4.78 is 6.00. The van der Waals surface area contributed by atoms with Crippen LogP contribution >= 0.6 is 27.5 Å². The molecule has 3 rings (SSSR count). The number of rotatable bonds is 2. The predicted molar refractivity (Wildman–Crippen MR) is 79.3 cm³/mol. The van der Waals surface area contributed by atoms with Crippen LogP contribution in [0.25, 0.3) is 11.0 Å². The van der Waals surface area contributed by atoms with Crippen LogP contribution in [0.15, 0.2) is 49.0 Å². The minimum atomic E-state index is -0.693. The van der Waals surface area contributed by atoms with Crippen molar-refractivity contribution in [3.8, 4) is 0 Å². The van der Waals surface area contributed by atoms with Gasteiger partial charge in [-0.1, -0.05) is 6.07 Å². The molecule has 0 spiro atoms. The molecule has 0 fully saturated rings. The molecule has 1 unspecified atom stereocenters. The van der Waals surface area contributed by atoms with Crippen LogP contribution in [0, 0.1) is 0 Å². The van der Waals surface area contributed by atoms with Gasteiger partial charge in [0.15, 0.2) is 4.67 Å². The molecule has 0 radical (unpaired) electrons. The monoisotopic (exact) mass is 354 g/mol. The van der Waals surface area contributed by atoms with E-state index in [2.05, 4.69) is 25.9 Å². The standard InChI is InChI=1S/C13H8BrClN2O3/c14-10-4-3-9(20-10)11(15)6-1-2-7-8(5-6)17-13(19)12(18)16-7/h1-5,11H,(H,16,18)(H,17,19). The van der Waals surface area contributed by atoms with E-state index in [0.29, 0.717) is 21.5 Å². The summed E-state index contributed by atoms with van der Waals surface area (Å²) in [4.78, 5) is 27.6. The van der Waals surface area contributed by atoms with Gasteiger partial charge in [-0.2, -0.15) is 0 Å². The fourth-order valence-corrected chi connectivity index (χ4v) is 2.49. The Bertz CT molecular complexity index is 896. The quantitative estimate of drug-likeness (QED) is 0.548. The van der Waals surface area contributed by atoms with Gasteiger partial charge in [0.1, 0.15) is 11.1 Å². The summed E-state index contributed by atoms with van der Waals surface area (Å²) in [6.45, 7) is 0. The first-order valence-corrected chi connectivity index (χ1v) is 6.93. The molecule has 5 nitrogen and oxygen atoms in total. The number of fused-ring (bicyclic) bond motifs is 1. The van der Waals surface area contributed by atoms with Crippen molar-refractivity contribution in [2.75, 3.05) is 0 Å². The van der Waals surface area contributed by atoms with E-state index in [-0.39, 0.29) is 0 Å². The second-order valence-electron chi connectivity index (χ2n) is 4.22. The molecule has 0 saturated heterocycles. The summed E-state index contributed by atoms with van der Waals surface area (Å²) in [7, 11) is 0. The average molecular weight is 356 g/mol. The van der Waals surface area contributed by atoms with Crippen LogP contribution in [0.1, 0.15) is 16.7 Å². The SMILES string of the molecule is O=c1[nH]c2ccc(C(Cl)c3ccc(Br)o3)cc2[nH]c1=O. The molecule has 3 aromatic rings. The largest absolute Gasteiger partial charge is 0.452 e. The van der Waals surface area contributed by atoms with Crippen molar-refractivity contribution in [2.45, 2.75) is 5.38 Å². The Morgan fingerprint density at radius 2 is 1.75 bits per heavy atom. The summed E-state index contributed by atoms with van der Waals surface area (Å²) in [6.07, 6.45) is 0. The number of benzene rings is 1. The Morgan fingerprint density at radius 1 is 1.05 bits per heavy atom. The van der Waals surface area contributed by atoms with Crippen molar-refractivity contribution in [1.82, 2.24) is 9.97 Å². The second-order valence-corrected chi connectivity index (χ2v) is 5.44. The van der Waals surface area contributed by atoms with Gasteiger partial charge in [-0.25, -0.2) is 0 Å². The fraction of sp³-hybridized carbons (Fsp3) is 0.0769. The number of hydrogen-bond acceptors (Lipinski definition) is 3. The summed E-state index contributed by atoms with van der Waals surface area (Å²) >= 11 is 9.56. The van der Waals surface area contributed by atoms with Gasteiger partial charge in [-0.05, 0) is 45.8 Å². The van der Waals surface area contributed by atoms with Crippen LogP contribution < -0.4 is 11.1 Å². The minimum absolute atomic E-state index is 0.485. The molecule has 0 saturated carbocycles. The van der Waals surface area contributed by atoms with Gasteiger partial charge in [0.25, 0.3) is 0 Å². The molecule has 7 heteroatoms. The number of halogens is 2. The van der Waals surface area contributed by atoms with Crippen LogP contribution in [0.4, 0.5) is 0 Å². The zero-order valence-corrected chi connectivity index (χ0v) is 12.3. The highest BCUT2D eigenvalue weighted by Crippen LogP contribution is 2.32. The molecule has 20 heavy (non-hydrogen) atoms. The number of hydrogen-bond donors (Lipinski definition) is 2. The Hall–Kier alpha value is -1.79. The maximum atomic E-state index is 11.3. The molecule has 1 aromatic carbocycles. The normalized spacial score (nSPS) is 12.7. The first kappa shape index (κ1) is 13.2. The van der Waals surface area contributed by atoms with Crippen molar-refractivity contribution in [2.24, 2.45) is 0 Å².